The monoisotopic (exact) mass is 391 g/mol. The van der Waals surface area contributed by atoms with Gasteiger partial charge in [-0.25, -0.2) is 4.98 Å². The lowest BCUT2D eigenvalue weighted by Crippen LogP contribution is -2.25. The highest BCUT2D eigenvalue weighted by molar-refractivity contribution is 7.17. The number of rotatable bonds is 5. The first-order chi connectivity index (χ1) is 12.1. The van der Waals surface area contributed by atoms with Crippen molar-refractivity contribution in [3.8, 4) is 17.2 Å². The number of hydrogen-bond acceptors (Lipinski definition) is 4. The largest absolute Gasteiger partial charge is 0.296 e. The average Bonchev–Trinajstić information content (AvgIpc) is 3.03. The van der Waals surface area contributed by atoms with E-state index >= 15 is 0 Å². The molecule has 0 aliphatic carbocycles. The van der Waals surface area contributed by atoms with Gasteiger partial charge in [0.25, 0.3) is 5.56 Å². The topological polar surface area (TPSA) is 58.7 Å². The van der Waals surface area contributed by atoms with E-state index in [2.05, 4.69) is 11.1 Å². The van der Waals surface area contributed by atoms with Crippen molar-refractivity contribution < 1.29 is 0 Å². The molecule has 0 aliphatic heterocycles. The summed E-state index contributed by atoms with van der Waals surface area (Å²) in [4.78, 5) is 18.5. The summed E-state index contributed by atoms with van der Waals surface area (Å²) < 4.78 is 1.69. The summed E-state index contributed by atoms with van der Waals surface area (Å²) >= 11 is 13.6. The van der Waals surface area contributed by atoms with E-state index < -0.39 is 0 Å². The predicted octanol–water partition coefficient (Wildman–Crippen LogP) is 5.30. The number of aromatic nitrogens is 2. The molecule has 0 atom stereocenters. The van der Waals surface area contributed by atoms with Crippen LogP contribution < -0.4 is 5.56 Å². The zero-order valence-electron chi connectivity index (χ0n) is 13.6. The molecular formula is C18H15Cl2N3OS. The Kier molecular flexibility index (Phi) is 5.43. The van der Waals surface area contributed by atoms with Crippen molar-refractivity contribution in [1.29, 1.82) is 5.26 Å². The first kappa shape index (κ1) is 17.9. The number of halogens is 2. The van der Waals surface area contributed by atoms with E-state index in [1.807, 2.05) is 18.4 Å². The van der Waals surface area contributed by atoms with Crippen molar-refractivity contribution in [2.24, 2.45) is 0 Å². The highest BCUT2D eigenvalue weighted by atomic mass is 35.5. The van der Waals surface area contributed by atoms with Gasteiger partial charge in [-0.1, -0.05) is 36.2 Å². The number of nitrogens with zero attached hydrogens (tertiary/aromatic N) is 3. The van der Waals surface area contributed by atoms with Crippen LogP contribution in [0.5, 0.6) is 0 Å². The van der Waals surface area contributed by atoms with Crippen LogP contribution in [0.1, 0.15) is 25.6 Å². The van der Waals surface area contributed by atoms with E-state index in [9.17, 15) is 4.79 Å². The predicted molar refractivity (Wildman–Crippen MR) is 104 cm³/mol. The minimum absolute atomic E-state index is 0.0675. The van der Waals surface area contributed by atoms with Gasteiger partial charge in [-0.2, -0.15) is 5.26 Å². The van der Waals surface area contributed by atoms with Gasteiger partial charge in [0.1, 0.15) is 10.7 Å². The summed E-state index contributed by atoms with van der Waals surface area (Å²) in [6.45, 7) is 2.47. The van der Waals surface area contributed by atoms with Crippen LogP contribution >= 0.6 is 34.5 Å². The van der Waals surface area contributed by atoms with E-state index in [1.165, 1.54) is 11.3 Å². The Morgan fingerprint density at radius 2 is 2.12 bits per heavy atom. The van der Waals surface area contributed by atoms with Crippen molar-refractivity contribution in [2.75, 3.05) is 0 Å². The molecule has 0 N–H and O–H groups in total. The molecule has 0 amide bonds. The van der Waals surface area contributed by atoms with Gasteiger partial charge in [0, 0.05) is 30.3 Å². The van der Waals surface area contributed by atoms with Gasteiger partial charge in [0.05, 0.1) is 21.5 Å². The van der Waals surface area contributed by atoms with Gasteiger partial charge >= 0.3 is 0 Å². The Balaban J connectivity index is 2.19. The molecule has 0 spiro atoms. The highest BCUT2D eigenvalue weighted by Crippen LogP contribution is 2.34. The summed E-state index contributed by atoms with van der Waals surface area (Å²) in [6, 6.07) is 7.45. The number of nitriles is 1. The summed E-state index contributed by atoms with van der Waals surface area (Å²) in [5.41, 5.74) is 1.59. The number of fused-ring (bicyclic) bond motifs is 1. The maximum absolute atomic E-state index is 13.1. The second kappa shape index (κ2) is 7.57. The summed E-state index contributed by atoms with van der Waals surface area (Å²) in [6.07, 6.45) is 1.71. The molecule has 0 fully saturated rings. The highest BCUT2D eigenvalue weighted by Gasteiger charge is 2.16. The number of benzene rings is 1. The maximum Gasteiger partial charge on any atom is 0.262 e. The normalized spacial score (nSPS) is 11.0. The van der Waals surface area contributed by atoms with Crippen molar-refractivity contribution >= 4 is 44.8 Å². The molecule has 2 aromatic heterocycles. The van der Waals surface area contributed by atoms with E-state index in [1.54, 1.807) is 16.7 Å². The van der Waals surface area contributed by atoms with Crippen LogP contribution in [0.3, 0.4) is 0 Å². The fraction of sp³-hybridized carbons (Fsp3) is 0.278. The van der Waals surface area contributed by atoms with Gasteiger partial charge in [-0.15, -0.1) is 11.3 Å². The Bertz CT molecular complexity index is 1030. The fourth-order valence-electron chi connectivity index (χ4n) is 2.76. The molecule has 0 saturated heterocycles. The molecule has 2 heterocycles. The number of aryl methyl sites for hydroxylation is 1. The second-order valence-electron chi connectivity index (χ2n) is 5.56. The fourth-order valence-corrected chi connectivity index (χ4v) is 4.01. The lowest BCUT2D eigenvalue weighted by atomic mass is 10.1. The number of unbranched alkanes of at least 4 members (excludes halogenated alkanes) is 1. The SMILES string of the molecule is CCc1nc2scc(-c3ccc(Cl)c(Cl)c3)c2c(=O)n1CCCC#N. The first-order valence-electron chi connectivity index (χ1n) is 7.90. The molecule has 7 heteroatoms. The maximum atomic E-state index is 13.1. The Hall–Kier alpha value is -1.87. The third-order valence-electron chi connectivity index (χ3n) is 3.99. The molecular weight excluding hydrogens is 377 g/mol. The molecule has 0 bridgehead atoms. The zero-order chi connectivity index (χ0) is 18.0. The first-order valence-corrected chi connectivity index (χ1v) is 9.53. The van der Waals surface area contributed by atoms with Crippen molar-refractivity contribution in [3.63, 3.8) is 0 Å². The number of thiophene rings is 1. The van der Waals surface area contributed by atoms with E-state index in [0.717, 1.165) is 21.8 Å². The number of hydrogen-bond donors (Lipinski definition) is 0. The molecule has 0 saturated carbocycles. The minimum Gasteiger partial charge on any atom is -0.296 e. The minimum atomic E-state index is -0.0675. The third kappa shape index (κ3) is 3.43. The molecule has 128 valence electrons. The van der Waals surface area contributed by atoms with E-state index in [0.29, 0.717) is 41.2 Å². The van der Waals surface area contributed by atoms with Crippen molar-refractivity contribution in [2.45, 2.75) is 32.7 Å². The van der Waals surface area contributed by atoms with Gasteiger partial charge in [-0.3, -0.25) is 9.36 Å². The van der Waals surface area contributed by atoms with Crippen molar-refractivity contribution in [3.05, 3.63) is 49.8 Å². The van der Waals surface area contributed by atoms with Crippen LogP contribution in [0.2, 0.25) is 10.0 Å². The molecule has 3 rings (SSSR count). The molecule has 25 heavy (non-hydrogen) atoms. The Morgan fingerprint density at radius 3 is 2.80 bits per heavy atom. The molecule has 1 aromatic carbocycles. The van der Waals surface area contributed by atoms with Gasteiger partial charge in [-0.05, 0) is 24.1 Å². The van der Waals surface area contributed by atoms with Crippen LogP contribution in [0.15, 0.2) is 28.4 Å². The van der Waals surface area contributed by atoms with E-state index in [-0.39, 0.29) is 5.56 Å². The van der Waals surface area contributed by atoms with Gasteiger partial charge in [0.15, 0.2) is 0 Å². The Morgan fingerprint density at radius 1 is 1.32 bits per heavy atom. The second-order valence-corrected chi connectivity index (χ2v) is 7.23. The molecule has 0 aliphatic rings. The van der Waals surface area contributed by atoms with E-state index in [4.69, 9.17) is 28.5 Å². The quantitative estimate of drug-likeness (QED) is 0.554. The summed E-state index contributed by atoms with van der Waals surface area (Å²) in [5.74, 6) is 0.748. The van der Waals surface area contributed by atoms with Crippen molar-refractivity contribution in [1.82, 2.24) is 9.55 Å². The third-order valence-corrected chi connectivity index (χ3v) is 5.60. The van der Waals surface area contributed by atoms with Crippen LogP contribution in [-0.2, 0) is 13.0 Å². The molecule has 0 unspecified atom stereocenters. The van der Waals surface area contributed by atoms with Crippen LogP contribution in [-0.4, -0.2) is 9.55 Å². The summed E-state index contributed by atoms with van der Waals surface area (Å²) in [7, 11) is 0. The Labute approximate surface area is 159 Å². The molecule has 0 radical (unpaired) electrons. The molecule has 3 aromatic rings. The smallest absolute Gasteiger partial charge is 0.262 e. The van der Waals surface area contributed by atoms with Gasteiger partial charge in [0.2, 0.25) is 0 Å². The van der Waals surface area contributed by atoms with Crippen LogP contribution in [0, 0.1) is 11.3 Å². The lowest BCUT2D eigenvalue weighted by Gasteiger charge is -2.11. The van der Waals surface area contributed by atoms with Gasteiger partial charge < -0.3 is 0 Å². The average molecular weight is 392 g/mol. The zero-order valence-corrected chi connectivity index (χ0v) is 15.9. The van der Waals surface area contributed by atoms with Crippen LogP contribution in [0.25, 0.3) is 21.3 Å². The summed E-state index contributed by atoms with van der Waals surface area (Å²) in [5, 5.41) is 12.2. The molecule has 4 nitrogen and oxygen atoms in total. The van der Waals surface area contributed by atoms with Crippen LogP contribution in [0.4, 0.5) is 0 Å². The standard InChI is InChI=1S/C18H15Cl2N3OS/c1-2-15-22-17-16(18(24)23(15)8-4-3-7-21)12(10-25-17)11-5-6-13(19)14(20)9-11/h5-6,9-10H,2-4,8H2,1H3. The lowest BCUT2D eigenvalue weighted by molar-refractivity contribution is 0.594.